The first-order chi connectivity index (χ1) is 16.4. The van der Waals surface area contributed by atoms with Crippen LogP contribution in [0.5, 0.6) is 5.75 Å². The molecule has 5 aromatic rings. The van der Waals surface area contributed by atoms with Gasteiger partial charge in [0.2, 0.25) is 0 Å². The Labute approximate surface area is 195 Å². The molecule has 3 heterocycles. The number of aromatic nitrogens is 4. The number of fused-ring (bicyclic) bond motifs is 1. The maximum absolute atomic E-state index is 13.7. The average molecular weight is 455 g/mol. The van der Waals surface area contributed by atoms with Gasteiger partial charge in [-0.15, -0.1) is 0 Å². The molecule has 5 rings (SSSR count). The van der Waals surface area contributed by atoms with Gasteiger partial charge in [0.15, 0.2) is 11.4 Å². The zero-order valence-corrected chi connectivity index (χ0v) is 19.1. The molecular formula is C27H23FN4O2. The number of rotatable bonds is 5. The number of halogens is 1. The highest BCUT2D eigenvalue weighted by atomic mass is 19.1. The predicted octanol–water partition coefficient (Wildman–Crippen LogP) is 5.19. The van der Waals surface area contributed by atoms with E-state index in [2.05, 4.69) is 5.10 Å². The van der Waals surface area contributed by atoms with Crippen molar-refractivity contribution in [1.29, 1.82) is 0 Å². The number of nitrogens with zero attached hydrogens (tertiary/aromatic N) is 4. The number of pyridine rings is 1. The maximum Gasteiger partial charge on any atom is 0.267 e. The minimum atomic E-state index is -0.351. The highest BCUT2D eigenvalue weighted by molar-refractivity contribution is 5.65. The number of benzene rings is 2. The van der Waals surface area contributed by atoms with Gasteiger partial charge in [0, 0.05) is 11.9 Å². The summed E-state index contributed by atoms with van der Waals surface area (Å²) in [7, 11) is 0. The second-order valence-electron chi connectivity index (χ2n) is 8.22. The molecule has 0 bridgehead atoms. The monoisotopic (exact) mass is 454 g/mol. The van der Waals surface area contributed by atoms with Crippen LogP contribution in [0.2, 0.25) is 0 Å². The Kier molecular flexibility index (Phi) is 5.45. The molecule has 0 saturated heterocycles. The summed E-state index contributed by atoms with van der Waals surface area (Å²) in [5.41, 5.74) is 5.19. The molecule has 3 aromatic heterocycles. The van der Waals surface area contributed by atoms with E-state index in [1.54, 1.807) is 42.1 Å². The van der Waals surface area contributed by atoms with Crippen LogP contribution >= 0.6 is 0 Å². The van der Waals surface area contributed by atoms with Gasteiger partial charge in [-0.2, -0.15) is 5.10 Å². The maximum atomic E-state index is 13.7. The Hall–Kier alpha value is -4.26. The molecule has 0 atom stereocenters. The lowest BCUT2D eigenvalue weighted by Gasteiger charge is -2.12. The van der Waals surface area contributed by atoms with E-state index in [-0.39, 0.29) is 11.4 Å². The van der Waals surface area contributed by atoms with Crippen LogP contribution in [0, 0.1) is 26.6 Å². The third-order valence-corrected chi connectivity index (χ3v) is 5.84. The summed E-state index contributed by atoms with van der Waals surface area (Å²) >= 11 is 0. The van der Waals surface area contributed by atoms with Gasteiger partial charge < -0.3 is 4.74 Å². The largest absolute Gasteiger partial charge is 0.485 e. The highest BCUT2D eigenvalue weighted by Crippen LogP contribution is 2.25. The van der Waals surface area contributed by atoms with E-state index < -0.39 is 0 Å². The van der Waals surface area contributed by atoms with E-state index in [4.69, 9.17) is 9.72 Å². The lowest BCUT2D eigenvalue weighted by molar-refractivity contribution is 0.307. The molecule has 0 fully saturated rings. The topological polar surface area (TPSA) is 61.4 Å². The van der Waals surface area contributed by atoms with Crippen molar-refractivity contribution in [3.8, 4) is 22.7 Å². The van der Waals surface area contributed by atoms with Crippen molar-refractivity contribution < 1.29 is 9.13 Å². The smallest absolute Gasteiger partial charge is 0.267 e. The third kappa shape index (κ3) is 3.85. The van der Waals surface area contributed by atoms with E-state index in [1.807, 2.05) is 44.2 Å². The second kappa shape index (κ2) is 8.59. The summed E-state index contributed by atoms with van der Waals surface area (Å²) in [5, 5.41) is 4.59. The van der Waals surface area contributed by atoms with Crippen molar-refractivity contribution in [3.63, 3.8) is 0 Å². The van der Waals surface area contributed by atoms with Crippen LogP contribution in [-0.2, 0) is 6.61 Å². The number of aryl methyl sites for hydroxylation is 3. The fourth-order valence-corrected chi connectivity index (χ4v) is 4.04. The van der Waals surface area contributed by atoms with Crippen molar-refractivity contribution in [2.45, 2.75) is 27.4 Å². The lowest BCUT2D eigenvalue weighted by atomic mass is 10.1. The van der Waals surface area contributed by atoms with Crippen molar-refractivity contribution >= 4 is 5.65 Å². The molecule has 0 unspecified atom stereocenters. The molecule has 2 aromatic carbocycles. The van der Waals surface area contributed by atoms with E-state index in [9.17, 15) is 9.18 Å². The van der Waals surface area contributed by atoms with E-state index in [0.717, 1.165) is 16.8 Å². The number of hydrogen-bond acceptors (Lipinski definition) is 4. The zero-order chi connectivity index (χ0) is 23.8. The van der Waals surface area contributed by atoms with Crippen LogP contribution in [0.3, 0.4) is 0 Å². The quantitative estimate of drug-likeness (QED) is 0.367. The summed E-state index contributed by atoms with van der Waals surface area (Å²) in [6, 6.07) is 19.6. The molecule has 0 aliphatic rings. The Bertz CT molecular complexity index is 1590. The van der Waals surface area contributed by atoms with E-state index in [0.29, 0.717) is 40.6 Å². The predicted molar refractivity (Wildman–Crippen MR) is 129 cm³/mol. The molecule has 0 radical (unpaired) electrons. The van der Waals surface area contributed by atoms with Gasteiger partial charge in [-0.1, -0.05) is 30.3 Å². The van der Waals surface area contributed by atoms with Gasteiger partial charge in [-0.05, 0) is 68.3 Å². The van der Waals surface area contributed by atoms with Crippen LogP contribution in [0.15, 0.2) is 77.7 Å². The van der Waals surface area contributed by atoms with Crippen molar-refractivity contribution in [1.82, 2.24) is 19.2 Å². The molecule has 0 aliphatic carbocycles. The van der Waals surface area contributed by atoms with Crippen LogP contribution in [0.4, 0.5) is 4.39 Å². The first-order valence-corrected chi connectivity index (χ1v) is 10.9. The van der Waals surface area contributed by atoms with Crippen molar-refractivity contribution in [2.24, 2.45) is 0 Å². The van der Waals surface area contributed by atoms with Crippen molar-refractivity contribution in [2.75, 3.05) is 0 Å². The Balaban J connectivity index is 1.56. The standard InChI is InChI=1S/C27H23FN4O2/c1-17-8-4-5-9-20(17)16-34-24-12-7-13-31-26(24)29-19(3)25(27(31)33)23-14-18(2)32(30-23)22-11-6-10-21(28)15-22/h4-15H,16H2,1-3H3. The minimum absolute atomic E-state index is 0.243. The number of ether oxygens (including phenoxy) is 1. The first kappa shape index (κ1) is 21.6. The minimum Gasteiger partial charge on any atom is -0.485 e. The van der Waals surface area contributed by atoms with Crippen molar-refractivity contribution in [3.05, 3.63) is 112 Å². The molecule has 6 nitrogen and oxygen atoms in total. The van der Waals surface area contributed by atoms with Gasteiger partial charge in [0.1, 0.15) is 18.1 Å². The fourth-order valence-electron chi connectivity index (χ4n) is 4.04. The molecule has 0 amide bonds. The van der Waals surface area contributed by atoms with Gasteiger partial charge in [-0.25, -0.2) is 14.1 Å². The zero-order valence-electron chi connectivity index (χ0n) is 19.1. The van der Waals surface area contributed by atoms with E-state index >= 15 is 0 Å². The molecule has 0 aliphatic heterocycles. The Morgan fingerprint density at radius 3 is 2.59 bits per heavy atom. The summed E-state index contributed by atoms with van der Waals surface area (Å²) in [4.78, 5) is 18.2. The van der Waals surface area contributed by atoms with Gasteiger partial charge in [-0.3, -0.25) is 9.20 Å². The van der Waals surface area contributed by atoms with Gasteiger partial charge in [0.05, 0.1) is 16.9 Å². The first-order valence-electron chi connectivity index (χ1n) is 10.9. The molecule has 0 N–H and O–H groups in total. The summed E-state index contributed by atoms with van der Waals surface area (Å²) in [6.45, 7) is 6.05. The number of hydrogen-bond donors (Lipinski definition) is 0. The molecule has 34 heavy (non-hydrogen) atoms. The average Bonchev–Trinajstić information content (AvgIpc) is 3.20. The molecule has 7 heteroatoms. The summed E-state index contributed by atoms with van der Waals surface area (Å²) < 4.78 is 22.9. The van der Waals surface area contributed by atoms with Gasteiger partial charge >= 0.3 is 0 Å². The normalized spacial score (nSPS) is 11.2. The Morgan fingerprint density at radius 1 is 0.971 bits per heavy atom. The van der Waals surface area contributed by atoms with Crippen LogP contribution in [0.1, 0.15) is 22.5 Å². The summed E-state index contributed by atoms with van der Waals surface area (Å²) in [5.74, 6) is 0.176. The molecule has 0 saturated carbocycles. The summed E-state index contributed by atoms with van der Waals surface area (Å²) in [6.07, 6.45) is 1.67. The Morgan fingerprint density at radius 2 is 1.79 bits per heavy atom. The van der Waals surface area contributed by atoms with Crippen LogP contribution in [-0.4, -0.2) is 19.2 Å². The second-order valence-corrected chi connectivity index (χ2v) is 8.22. The van der Waals surface area contributed by atoms with Gasteiger partial charge in [0.25, 0.3) is 5.56 Å². The molecular weight excluding hydrogens is 431 g/mol. The highest BCUT2D eigenvalue weighted by Gasteiger charge is 2.18. The lowest BCUT2D eigenvalue weighted by Crippen LogP contribution is -2.19. The van der Waals surface area contributed by atoms with Crippen LogP contribution < -0.4 is 10.3 Å². The SMILES string of the molecule is Cc1ccccc1COc1cccn2c(=O)c(-c3cc(C)n(-c4cccc(F)c4)n3)c(C)nc12. The fraction of sp³-hybridized carbons (Fsp3) is 0.148. The molecule has 170 valence electrons. The van der Waals surface area contributed by atoms with Crippen LogP contribution in [0.25, 0.3) is 22.6 Å². The van der Waals surface area contributed by atoms with E-state index in [1.165, 1.54) is 16.5 Å². The third-order valence-electron chi connectivity index (χ3n) is 5.84. The molecule has 0 spiro atoms.